The molecule has 2 aliphatic carbocycles. The van der Waals surface area contributed by atoms with E-state index < -0.39 is 17.1 Å². The SMILES string of the molecule is O=C1NC/C=C\c2ccccc2OCCNC2(CCCC2)C(=O)NC2(CCCC2)C(=O)N[C@H]1Cc1cccc(Cl)c1. The monoisotopic (exact) mass is 578 g/mol. The Morgan fingerprint density at radius 3 is 2.37 bits per heavy atom. The highest BCUT2D eigenvalue weighted by molar-refractivity contribution is 6.30. The van der Waals surface area contributed by atoms with Gasteiger partial charge in [0.1, 0.15) is 23.9 Å². The summed E-state index contributed by atoms with van der Waals surface area (Å²) in [7, 11) is 0. The third kappa shape index (κ3) is 6.93. The summed E-state index contributed by atoms with van der Waals surface area (Å²) < 4.78 is 6.09. The highest BCUT2D eigenvalue weighted by atomic mass is 35.5. The van der Waals surface area contributed by atoms with E-state index in [-0.39, 0.29) is 30.7 Å². The molecule has 0 radical (unpaired) electrons. The van der Waals surface area contributed by atoms with E-state index in [1.165, 1.54) is 0 Å². The van der Waals surface area contributed by atoms with E-state index in [1.54, 1.807) is 12.1 Å². The van der Waals surface area contributed by atoms with Crippen molar-refractivity contribution < 1.29 is 19.1 Å². The fourth-order valence-electron chi connectivity index (χ4n) is 6.26. The molecule has 0 bridgehead atoms. The maximum absolute atomic E-state index is 13.9. The predicted octanol–water partition coefficient (Wildman–Crippen LogP) is 3.92. The van der Waals surface area contributed by atoms with E-state index in [9.17, 15) is 14.4 Å². The zero-order chi connectivity index (χ0) is 28.7. The van der Waals surface area contributed by atoms with E-state index >= 15 is 0 Å². The number of nitrogens with one attached hydrogen (secondary N) is 4. The fraction of sp³-hybridized carbons (Fsp3) is 0.469. The minimum absolute atomic E-state index is 0.146. The molecule has 0 saturated heterocycles. The smallest absolute Gasteiger partial charge is 0.246 e. The summed E-state index contributed by atoms with van der Waals surface area (Å²) in [6.07, 6.45) is 10.1. The highest BCUT2D eigenvalue weighted by Crippen LogP contribution is 2.34. The molecule has 9 heteroatoms. The summed E-state index contributed by atoms with van der Waals surface area (Å²) in [6, 6.07) is 14.2. The Hall–Kier alpha value is -3.36. The van der Waals surface area contributed by atoms with Crippen molar-refractivity contribution in [3.05, 3.63) is 70.8 Å². The van der Waals surface area contributed by atoms with Crippen LogP contribution in [0.25, 0.3) is 6.08 Å². The summed E-state index contributed by atoms with van der Waals surface area (Å²) in [5.41, 5.74) is -0.0765. The molecule has 4 N–H and O–H groups in total. The van der Waals surface area contributed by atoms with Gasteiger partial charge in [0, 0.05) is 30.1 Å². The summed E-state index contributed by atoms with van der Waals surface area (Å²) in [5.74, 6) is -0.0270. The van der Waals surface area contributed by atoms with Crippen LogP contribution in [0.4, 0.5) is 0 Å². The van der Waals surface area contributed by atoms with Crippen molar-refractivity contribution in [1.82, 2.24) is 21.3 Å². The second-order valence-electron chi connectivity index (χ2n) is 11.4. The molecule has 2 aromatic rings. The number of hydrogen-bond donors (Lipinski definition) is 4. The van der Waals surface area contributed by atoms with Crippen molar-refractivity contribution in [1.29, 1.82) is 0 Å². The number of rotatable bonds is 2. The molecule has 3 aliphatic rings. The van der Waals surface area contributed by atoms with E-state index in [0.717, 1.165) is 42.6 Å². The number of para-hydroxylation sites is 1. The Labute approximate surface area is 246 Å². The molecule has 1 atom stereocenters. The Balaban J connectivity index is 1.45. The lowest BCUT2D eigenvalue weighted by molar-refractivity contribution is -0.138. The first kappa shape index (κ1) is 29.1. The number of hydrogen-bond acceptors (Lipinski definition) is 5. The third-order valence-electron chi connectivity index (χ3n) is 8.52. The summed E-state index contributed by atoms with van der Waals surface area (Å²) >= 11 is 6.22. The number of halogens is 1. The molecule has 1 aliphatic heterocycles. The van der Waals surface area contributed by atoms with Crippen LogP contribution in [0.15, 0.2) is 54.6 Å². The molecule has 0 aromatic heterocycles. The topological polar surface area (TPSA) is 109 Å². The van der Waals surface area contributed by atoms with Crippen LogP contribution in [-0.2, 0) is 20.8 Å². The number of ether oxygens (including phenoxy) is 1. The first-order valence-corrected chi connectivity index (χ1v) is 15.1. The molecule has 2 spiro atoms. The maximum Gasteiger partial charge on any atom is 0.246 e. The van der Waals surface area contributed by atoms with Crippen LogP contribution < -0.4 is 26.0 Å². The van der Waals surface area contributed by atoms with Gasteiger partial charge in [0.05, 0.1) is 5.54 Å². The van der Waals surface area contributed by atoms with Crippen molar-refractivity contribution in [2.24, 2.45) is 0 Å². The van der Waals surface area contributed by atoms with E-state index in [2.05, 4.69) is 21.3 Å². The number of fused-ring (bicyclic) bond motifs is 1. The van der Waals surface area contributed by atoms with Gasteiger partial charge < -0.3 is 20.7 Å². The Kier molecular flexibility index (Phi) is 9.30. The van der Waals surface area contributed by atoms with Gasteiger partial charge in [0.15, 0.2) is 0 Å². The zero-order valence-electron chi connectivity index (χ0n) is 23.3. The second kappa shape index (κ2) is 13.1. The molecule has 0 unspecified atom stereocenters. The van der Waals surface area contributed by atoms with Gasteiger partial charge in [-0.25, -0.2) is 0 Å². The molecular weight excluding hydrogens is 540 g/mol. The quantitative estimate of drug-likeness (QED) is 0.432. The maximum atomic E-state index is 13.9. The molecule has 2 aromatic carbocycles. The largest absolute Gasteiger partial charge is 0.492 e. The van der Waals surface area contributed by atoms with Gasteiger partial charge in [-0.05, 0) is 49.4 Å². The molecule has 218 valence electrons. The molecule has 2 fully saturated rings. The summed E-state index contributed by atoms with van der Waals surface area (Å²) in [5, 5.41) is 13.2. The lowest BCUT2D eigenvalue weighted by atomic mass is 9.90. The van der Waals surface area contributed by atoms with Gasteiger partial charge in [-0.2, -0.15) is 0 Å². The Morgan fingerprint density at radius 1 is 0.878 bits per heavy atom. The number of carbonyl (C=O) groups excluding carboxylic acids is 3. The molecule has 1 heterocycles. The fourth-order valence-corrected chi connectivity index (χ4v) is 6.47. The van der Waals surface area contributed by atoms with Gasteiger partial charge in [0.25, 0.3) is 0 Å². The van der Waals surface area contributed by atoms with Gasteiger partial charge in [-0.3, -0.25) is 19.7 Å². The van der Waals surface area contributed by atoms with Crippen LogP contribution in [0.5, 0.6) is 5.75 Å². The van der Waals surface area contributed by atoms with E-state index in [1.807, 2.05) is 48.6 Å². The first-order valence-electron chi connectivity index (χ1n) is 14.7. The van der Waals surface area contributed by atoms with Crippen LogP contribution in [0, 0.1) is 0 Å². The van der Waals surface area contributed by atoms with Crippen molar-refractivity contribution in [3.8, 4) is 5.75 Å². The van der Waals surface area contributed by atoms with Gasteiger partial charge in [-0.15, -0.1) is 0 Å². The van der Waals surface area contributed by atoms with Crippen molar-refractivity contribution in [2.75, 3.05) is 19.7 Å². The second-order valence-corrected chi connectivity index (χ2v) is 11.8. The molecular formula is C32H39ClN4O4. The van der Waals surface area contributed by atoms with Gasteiger partial charge in [0.2, 0.25) is 17.7 Å². The zero-order valence-corrected chi connectivity index (χ0v) is 24.1. The Morgan fingerprint density at radius 2 is 1.61 bits per heavy atom. The molecule has 41 heavy (non-hydrogen) atoms. The lowest BCUT2D eigenvalue weighted by Crippen LogP contribution is -2.66. The van der Waals surface area contributed by atoms with Crippen molar-refractivity contribution in [2.45, 2.75) is 74.9 Å². The van der Waals surface area contributed by atoms with Gasteiger partial charge >= 0.3 is 0 Å². The van der Waals surface area contributed by atoms with Crippen molar-refractivity contribution in [3.63, 3.8) is 0 Å². The number of amides is 3. The Bertz CT molecular complexity index is 1280. The molecule has 3 amide bonds. The number of carbonyl (C=O) groups is 3. The standard InChI is InChI=1S/C32H39ClN4O4/c33-25-12-7-9-23(21-25)22-26-28(38)34-18-8-11-24-10-1-2-13-27(24)41-20-19-35-31(14-3-4-15-31)30(40)37-32(29(39)36-26)16-5-6-17-32/h1-2,7-13,21,26,35H,3-6,14-20,22H2,(H,34,38)(H,36,39)(H,37,40)/b11-8-/t26-/m0/s1. The van der Waals surface area contributed by atoms with Crippen LogP contribution in [0.1, 0.15) is 62.5 Å². The van der Waals surface area contributed by atoms with Crippen LogP contribution >= 0.6 is 11.6 Å². The van der Waals surface area contributed by atoms with Crippen LogP contribution in [-0.4, -0.2) is 54.5 Å². The minimum atomic E-state index is -1.05. The average Bonchev–Trinajstić information content (AvgIpc) is 3.65. The average molecular weight is 579 g/mol. The van der Waals surface area contributed by atoms with E-state index in [0.29, 0.717) is 43.9 Å². The molecule has 8 nitrogen and oxygen atoms in total. The molecule has 2 saturated carbocycles. The normalized spacial score (nSPS) is 23.9. The molecule has 5 rings (SSSR count). The van der Waals surface area contributed by atoms with Gasteiger partial charge in [-0.1, -0.05) is 79.8 Å². The minimum Gasteiger partial charge on any atom is -0.492 e. The lowest BCUT2D eigenvalue weighted by Gasteiger charge is -2.36. The summed E-state index contributed by atoms with van der Waals surface area (Å²) in [6.45, 7) is 1.18. The highest BCUT2D eigenvalue weighted by Gasteiger charge is 2.49. The third-order valence-corrected chi connectivity index (χ3v) is 8.76. The van der Waals surface area contributed by atoms with Crippen LogP contribution in [0.2, 0.25) is 5.02 Å². The number of benzene rings is 2. The predicted molar refractivity (Wildman–Crippen MR) is 160 cm³/mol. The summed E-state index contributed by atoms with van der Waals surface area (Å²) in [4.78, 5) is 41.3. The van der Waals surface area contributed by atoms with Crippen molar-refractivity contribution >= 4 is 35.4 Å². The first-order chi connectivity index (χ1) is 19.9. The van der Waals surface area contributed by atoms with Crippen LogP contribution in [0.3, 0.4) is 0 Å². The van der Waals surface area contributed by atoms with E-state index in [4.69, 9.17) is 16.3 Å².